The van der Waals surface area contributed by atoms with Gasteiger partial charge in [0.2, 0.25) is 0 Å². The van der Waals surface area contributed by atoms with E-state index in [9.17, 15) is 0 Å². The van der Waals surface area contributed by atoms with Crippen LogP contribution in [-0.4, -0.2) is 18.6 Å². The molecule has 1 nitrogen and oxygen atoms in total. The summed E-state index contributed by atoms with van der Waals surface area (Å²) in [6.07, 6.45) is 2.34. The lowest BCUT2D eigenvalue weighted by molar-refractivity contribution is 0.0735. The molecule has 19 heavy (non-hydrogen) atoms. The Morgan fingerprint density at radius 3 is 2.32 bits per heavy atom. The van der Waals surface area contributed by atoms with Crippen molar-refractivity contribution in [2.75, 3.05) is 12.5 Å². The Hall–Kier alpha value is -0.530. The third-order valence-electron chi connectivity index (χ3n) is 4.47. The summed E-state index contributed by atoms with van der Waals surface area (Å²) in [6.45, 7) is 9.73. The van der Waals surface area contributed by atoms with Crippen molar-refractivity contribution in [2.24, 2.45) is 5.41 Å². The molecule has 0 spiro atoms. The van der Waals surface area contributed by atoms with Crippen molar-refractivity contribution in [3.63, 3.8) is 0 Å². The van der Waals surface area contributed by atoms with E-state index in [0.717, 1.165) is 19.4 Å². The predicted octanol–water partition coefficient (Wildman–Crippen LogP) is 4.56. The largest absolute Gasteiger partial charge is 0.378 e. The van der Waals surface area contributed by atoms with Crippen LogP contribution in [0.3, 0.4) is 0 Å². The quantitative estimate of drug-likeness (QED) is 0.738. The second kappa shape index (κ2) is 5.46. The number of halogens is 1. The zero-order valence-corrected chi connectivity index (χ0v) is 13.3. The first kappa shape index (κ1) is 14.9. The molecule has 0 saturated carbocycles. The molecule has 0 bridgehead atoms. The second-order valence-electron chi connectivity index (χ2n) is 6.88. The molecule has 0 aliphatic carbocycles. The molecule has 1 fully saturated rings. The van der Waals surface area contributed by atoms with Crippen molar-refractivity contribution in [1.82, 2.24) is 0 Å². The molecule has 1 aliphatic rings. The molecule has 1 aromatic carbocycles. The highest BCUT2D eigenvalue weighted by atomic mass is 35.5. The third-order valence-corrected chi connectivity index (χ3v) is 5.00. The Kier molecular flexibility index (Phi) is 4.27. The average molecular weight is 281 g/mol. The lowest BCUT2D eigenvalue weighted by Crippen LogP contribution is -2.33. The van der Waals surface area contributed by atoms with E-state index in [1.807, 2.05) is 0 Å². The van der Waals surface area contributed by atoms with E-state index in [4.69, 9.17) is 16.3 Å². The van der Waals surface area contributed by atoms with E-state index in [0.29, 0.717) is 5.88 Å². The maximum atomic E-state index is 6.23. The van der Waals surface area contributed by atoms with Gasteiger partial charge in [-0.3, -0.25) is 0 Å². The number of ether oxygens (including phenoxy) is 1. The fourth-order valence-corrected chi connectivity index (χ4v) is 3.25. The maximum absolute atomic E-state index is 6.23. The van der Waals surface area contributed by atoms with Gasteiger partial charge in [-0.15, -0.1) is 11.6 Å². The molecule has 0 N–H and O–H groups in total. The zero-order chi connectivity index (χ0) is 14.1. The molecule has 2 unspecified atom stereocenters. The van der Waals surface area contributed by atoms with Gasteiger partial charge in [0.05, 0.1) is 6.10 Å². The van der Waals surface area contributed by atoms with Gasteiger partial charge < -0.3 is 4.74 Å². The molecule has 2 rings (SSSR count). The van der Waals surface area contributed by atoms with Crippen LogP contribution in [0.15, 0.2) is 24.3 Å². The highest BCUT2D eigenvalue weighted by molar-refractivity contribution is 6.18. The van der Waals surface area contributed by atoms with E-state index in [1.165, 1.54) is 11.1 Å². The summed E-state index contributed by atoms with van der Waals surface area (Å²) in [4.78, 5) is 0. The number of hydrogen-bond acceptors (Lipinski definition) is 1. The summed E-state index contributed by atoms with van der Waals surface area (Å²) in [5.41, 5.74) is 3.08. The van der Waals surface area contributed by atoms with Crippen LogP contribution in [0.4, 0.5) is 0 Å². The van der Waals surface area contributed by atoms with E-state index in [1.54, 1.807) is 0 Å². The fourth-order valence-electron chi connectivity index (χ4n) is 2.80. The van der Waals surface area contributed by atoms with Crippen LogP contribution in [-0.2, 0) is 16.6 Å². The summed E-state index contributed by atoms with van der Waals surface area (Å²) in [5.74, 6) is 0.676. The number of benzene rings is 1. The molecule has 1 aliphatic heterocycles. The standard InChI is InChI=1S/C17H25ClO/c1-13-17(12-18,9-10-19-13)11-14-5-7-15(8-6-14)16(2,3)4/h5-8,13H,9-12H2,1-4H3. The molecular formula is C17H25ClO. The van der Waals surface area contributed by atoms with Crippen molar-refractivity contribution < 1.29 is 4.74 Å². The van der Waals surface area contributed by atoms with Crippen molar-refractivity contribution in [1.29, 1.82) is 0 Å². The topological polar surface area (TPSA) is 9.23 Å². The van der Waals surface area contributed by atoms with Crippen LogP contribution in [0.1, 0.15) is 45.2 Å². The van der Waals surface area contributed by atoms with Gasteiger partial charge in [-0.1, -0.05) is 45.0 Å². The normalized spacial score (nSPS) is 27.7. The highest BCUT2D eigenvalue weighted by Crippen LogP contribution is 2.39. The molecule has 0 amide bonds. The minimum atomic E-state index is 0.116. The molecule has 106 valence electrons. The summed E-state index contributed by atoms with van der Waals surface area (Å²) < 4.78 is 5.73. The van der Waals surface area contributed by atoms with Crippen LogP contribution < -0.4 is 0 Å². The van der Waals surface area contributed by atoms with Crippen LogP contribution >= 0.6 is 11.6 Å². The SMILES string of the molecule is CC1OCCC1(CCl)Cc1ccc(C(C)(C)C)cc1. The van der Waals surface area contributed by atoms with E-state index >= 15 is 0 Å². The van der Waals surface area contributed by atoms with Gasteiger partial charge in [0.15, 0.2) is 0 Å². The molecule has 2 heteroatoms. The van der Waals surface area contributed by atoms with Gasteiger partial charge in [0.25, 0.3) is 0 Å². The number of hydrogen-bond donors (Lipinski definition) is 0. The minimum absolute atomic E-state index is 0.116. The van der Waals surface area contributed by atoms with Crippen molar-refractivity contribution >= 4 is 11.6 Å². The minimum Gasteiger partial charge on any atom is -0.378 e. The van der Waals surface area contributed by atoms with Crippen molar-refractivity contribution in [3.8, 4) is 0 Å². The highest BCUT2D eigenvalue weighted by Gasteiger charge is 2.40. The first-order chi connectivity index (χ1) is 8.87. The molecular weight excluding hydrogens is 256 g/mol. The van der Waals surface area contributed by atoms with Crippen molar-refractivity contribution in [2.45, 2.75) is 52.1 Å². The van der Waals surface area contributed by atoms with Gasteiger partial charge in [0.1, 0.15) is 0 Å². The lowest BCUT2D eigenvalue weighted by Gasteiger charge is -2.30. The first-order valence-corrected chi connectivity index (χ1v) is 7.68. The molecule has 1 aromatic rings. The van der Waals surface area contributed by atoms with Crippen LogP contribution in [0, 0.1) is 5.41 Å². The molecule has 0 radical (unpaired) electrons. The Bertz CT molecular complexity index is 418. The van der Waals surface area contributed by atoms with E-state index < -0.39 is 0 Å². The molecule has 1 saturated heterocycles. The van der Waals surface area contributed by atoms with Gasteiger partial charge in [-0.2, -0.15) is 0 Å². The summed E-state index contributed by atoms with van der Waals surface area (Å²) in [7, 11) is 0. The first-order valence-electron chi connectivity index (χ1n) is 7.14. The van der Waals surface area contributed by atoms with Gasteiger partial charge in [0, 0.05) is 17.9 Å². The smallest absolute Gasteiger partial charge is 0.0618 e. The van der Waals surface area contributed by atoms with Gasteiger partial charge in [-0.05, 0) is 36.3 Å². The van der Waals surface area contributed by atoms with E-state index in [2.05, 4.69) is 52.0 Å². The lowest BCUT2D eigenvalue weighted by atomic mass is 9.77. The second-order valence-corrected chi connectivity index (χ2v) is 7.15. The summed E-state index contributed by atoms with van der Waals surface area (Å²) >= 11 is 6.23. The Morgan fingerprint density at radius 1 is 1.26 bits per heavy atom. The number of rotatable bonds is 3. The molecule has 2 atom stereocenters. The Balaban J connectivity index is 2.15. The fraction of sp³-hybridized carbons (Fsp3) is 0.647. The Morgan fingerprint density at radius 2 is 1.89 bits per heavy atom. The monoisotopic (exact) mass is 280 g/mol. The van der Waals surface area contributed by atoms with Crippen LogP contribution in [0.2, 0.25) is 0 Å². The average Bonchev–Trinajstić information content (AvgIpc) is 2.71. The van der Waals surface area contributed by atoms with Crippen molar-refractivity contribution in [3.05, 3.63) is 35.4 Å². The van der Waals surface area contributed by atoms with Gasteiger partial charge >= 0.3 is 0 Å². The summed E-state index contributed by atoms with van der Waals surface area (Å²) in [5, 5.41) is 0. The zero-order valence-electron chi connectivity index (χ0n) is 12.5. The van der Waals surface area contributed by atoms with Gasteiger partial charge in [-0.25, -0.2) is 0 Å². The maximum Gasteiger partial charge on any atom is 0.0618 e. The third kappa shape index (κ3) is 3.14. The molecule has 0 aromatic heterocycles. The van der Waals surface area contributed by atoms with Crippen LogP contribution in [0.5, 0.6) is 0 Å². The molecule has 1 heterocycles. The summed E-state index contributed by atoms with van der Waals surface area (Å²) in [6, 6.07) is 9.00. The number of alkyl halides is 1. The van der Waals surface area contributed by atoms with E-state index in [-0.39, 0.29) is 16.9 Å². The van der Waals surface area contributed by atoms with Crippen LogP contribution in [0.25, 0.3) is 0 Å². The predicted molar refractivity (Wildman–Crippen MR) is 82.0 cm³/mol. The Labute approximate surface area is 122 Å².